The van der Waals surface area contributed by atoms with Gasteiger partial charge < -0.3 is 19.3 Å². The summed E-state index contributed by atoms with van der Waals surface area (Å²) in [5.74, 6) is 0.472. The molecule has 13 aromatic rings. The van der Waals surface area contributed by atoms with Gasteiger partial charge in [0.25, 0.3) is 0 Å². The van der Waals surface area contributed by atoms with E-state index >= 15 is 0 Å². The Balaban J connectivity index is 1.06. The van der Waals surface area contributed by atoms with E-state index in [0.29, 0.717) is 0 Å². The summed E-state index contributed by atoms with van der Waals surface area (Å²) in [5.41, 5.74) is 10.8. The zero-order chi connectivity index (χ0) is 39.6. The molecule has 13 rings (SSSR count). The van der Waals surface area contributed by atoms with E-state index < -0.39 is 0 Å². The van der Waals surface area contributed by atoms with Gasteiger partial charge in [0.15, 0.2) is 0 Å². The van der Waals surface area contributed by atoms with Crippen molar-refractivity contribution in [3.05, 3.63) is 182 Å². The van der Waals surface area contributed by atoms with Gasteiger partial charge in [-0.2, -0.15) is 0 Å². The van der Waals surface area contributed by atoms with Crippen molar-refractivity contribution >= 4 is 107 Å². The second-order valence-corrected chi connectivity index (χ2v) is 17.7. The van der Waals surface area contributed by atoms with Crippen molar-refractivity contribution in [2.45, 2.75) is 0 Å². The molecule has 0 radical (unpaired) electrons. The van der Waals surface area contributed by atoms with Crippen LogP contribution in [0.3, 0.4) is 0 Å². The number of fused-ring (bicyclic) bond motifs is 12. The number of rotatable bonds is 4. The van der Waals surface area contributed by atoms with Crippen molar-refractivity contribution in [3.63, 3.8) is 0 Å². The molecule has 2 N–H and O–H groups in total. The Kier molecular flexibility index (Phi) is 7.03. The summed E-state index contributed by atoms with van der Waals surface area (Å²) < 4.78 is 9.72. The lowest BCUT2D eigenvalue weighted by Crippen LogP contribution is -1.98. The van der Waals surface area contributed by atoms with Gasteiger partial charge in [-0.05, 0) is 113 Å². The Labute approximate surface area is 351 Å². The zero-order valence-electron chi connectivity index (χ0n) is 31.9. The Hall–Kier alpha value is -7.38. The van der Waals surface area contributed by atoms with Crippen LogP contribution in [-0.2, 0) is 0 Å². The molecule has 9 aromatic carbocycles. The molecule has 6 heteroatoms. The molecule has 0 fully saturated rings. The van der Waals surface area contributed by atoms with Crippen molar-refractivity contribution in [1.82, 2.24) is 9.13 Å². The van der Waals surface area contributed by atoms with E-state index in [1.165, 1.54) is 51.5 Å². The lowest BCUT2D eigenvalue weighted by Gasteiger charge is -2.13. The van der Waals surface area contributed by atoms with Gasteiger partial charge in [-0.25, -0.2) is 0 Å². The smallest absolute Gasteiger partial charge is 0.116 e. The van der Waals surface area contributed by atoms with Crippen molar-refractivity contribution in [1.29, 1.82) is 0 Å². The third-order valence-corrected chi connectivity index (χ3v) is 14.6. The highest BCUT2D eigenvalue weighted by atomic mass is 32.1. The molecule has 4 heterocycles. The first-order valence-electron chi connectivity index (χ1n) is 20.0. The number of thiophene rings is 2. The first kappa shape index (κ1) is 33.6. The van der Waals surface area contributed by atoms with Gasteiger partial charge in [-0.1, -0.05) is 91.0 Å². The molecule has 4 aromatic heterocycles. The number of aromatic hydroxyl groups is 2. The van der Waals surface area contributed by atoms with E-state index in [4.69, 9.17) is 0 Å². The van der Waals surface area contributed by atoms with Gasteiger partial charge in [0, 0.05) is 73.3 Å². The minimum absolute atomic E-state index is 0.236. The SMILES string of the molecule is Oc1ccc2c(c1)c1c(-c3cccc4sc5ccccc5c34)cccc1n2-c1cccc(-n2c3ccc(O)cc3c3c(-c4cccc5sc6ccccc6c45)cccc32)c1. The molecule has 282 valence electrons. The molecule has 0 saturated carbocycles. The Bertz CT molecular complexity index is 3690. The van der Waals surface area contributed by atoms with Crippen LogP contribution in [0.2, 0.25) is 0 Å². The number of phenolic OH excluding ortho intramolecular Hbond substituents is 2. The average Bonchev–Trinajstić information content (AvgIpc) is 4.04. The van der Waals surface area contributed by atoms with Crippen LogP contribution in [-0.4, -0.2) is 19.3 Å². The second kappa shape index (κ2) is 12.6. The van der Waals surface area contributed by atoms with Gasteiger partial charge in [0.1, 0.15) is 11.5 Å². The summed E-state index contributed by atoms with van der Waals surface area (Å²) in [6, 6.07) is 63.8. The van der Waals surface area contributed by atoms with E-state index in [2.05, 4.69) is 155 Å². The summed E-state index contributed by atoms with van der Waals surface area (Å²) in [6.45, 7) is 0. The van der Waals surface area contributed by atoms with Crippen LogP contribution in [0.1, 0.15) is 0 Å². The standard InChI is InChI=1S/C54H32N2O2S2/c57-33-24-26-43-41(29-33)51-35(37-16-8-22-49-53(37)39-12-1-3-20-47(39)59-49)14-6-18-45(51)55(43)31-10-5-11-32(28-31)56-44-27-25-34(58)30-42(44)52-36(15-7-19-46(52)56)38-17-9-23-50-54(38)40-13-2-4-21-48(40)60-50/h1-30,57-58H. The molecule has 0 spiro atoms. The largest absolute Gasteiger partial charge is 0.508 e. The third-order valence-electron chi connectivity index (χ3n) is 12.3. The van der Waals surface area contributed by atoms with Crippen LogP contribution in [0.15, 0.2) is 182 Å². The molecule has 0 unspecified atom stereocenters. The molecule has 60 heavy (non-hydrogen) atoms. The maximum Gasteiger partial charge on any atom is 0.116 e. The molecular weight excluding hydrogens is 773 g/mol. The Morgan fingerprint density at radius 3 is 1.18 bits per heavy atom. The van der Waals surface area contributed by atoms with Crippen LogP contribution < -0.4 is 0 Å². The van der Waals surface area contributed by atoms with Crippen LogP contribution >= 0.6 is 22.7 Å². The summed E-state index contributed by atoms with van der Waals surface area (Å²) >= 11 is 3.65. The molecule has 0 atom stereocenters. The molecule has 4 nitrogen and oxygen atoms in total. The number of hydrogen-bond donors (Lipinski definition) is 2. The minimum Gasteiger partial charge on any atom is -0.508 e. The van der Waals surface area contributed by atoms with Crippen molar-refractivity contribution in [3.8, 4) is 45.1 Å². The van der Waals surface area contributed by atoms with Gasteiger partial charge in [-0.3, -0.25) is 0 Å². The minimum atomic E-state index is 0.236. The van der Waals surface area contributed by atoms with E-state index in [-0.39, 0.29) is 11.5 Å². The summed E-state index contributed by atoms with van der Waals surface area (Å²) in [6.07, 6.45) is 0. The van der Waals surface area contributed by atoms with Crippen molar-refractivity contribution < 1.29 is 10.2 Å². The maximum atomic E-state index is 11.0. The molecule has 0 aliphatic carbocycles. The van der Waals surface area contributed by atoms with Gasteiger partial charge in [0.2, 0.25) is 0 Å². The molecular formula is C54H32N2O2S2. The van der Waals surface area contributed by atoms with Crippen molar-refractivity contribution in [2.24, 2.45) is 0 Å². The number of hydrogen-bond acceptors (Lipinski definition) is 4. The molecule has 0 amide bonds. The summed E-state index contributed by atoms with van der Waals surface area (Å²) in [5, 5.41) is 31.2. The topological polar surface area (TPSA) is 50.3 Å². The highest BCUT2D eigenvalue weighted by molar-refractivity contribution is 7.26. The Morgan fingerprint density at radius 1 is 0.300 bits per heavy atom. The normalized spacial score (nSPS) is 12.1. The quantitative estimate of drug-likeness (QED) is 0.186. The van der Waals surface area contributed by atoms with E-state index in [1.54, 1.807) is 12.1 Å². The van der Waals surface area contributed by atoms with E-state index in [0.717, 1.165) is 66.1 Å². The fourth-order valence-electron chi connectivity index (χ4n) is 9.89. The predicted molar refractivity (Wildman–Crippen MR) is 255 cm³/mol. The van der Waals surface area contributed by atoms with Gasteiger partial charge >= 0.3 is 0 Å². The fraction of sp³-hybridized carbons (Fsp3) is 0. The first-order valence-corrected chi connectivity index (χ1v) is 21.7. The van der Waals surface area contributed by atoms with Crippen LogP contribution in [0.25, 0.3) is 118 Å². The highest BCUT2D eigenvalue weighted by Gasteiger charge is 2.22. The van der Waals surface area contributed by atoms with Crippen LogP contribution in [0.5, 0.6) is 11.5 Å². The average molecular weight is 805 g/mol. The lowest BCUT2D eigenvalue weighted by atomic mass is 9.95. The number of nitrogens with zero attached hydrogens (tertiary/aromatic N) is 2. The van der Waals surface area contributed by atoms with Crippen molar-refractivity contribution in [2.75, 3.05) is 0 Å². The molecule has 0 aliphatic heterocycles. The van der Waals surface area contributed by atoms with Crippen LogP contribution in [0.4, 0.5) is 0 Å². The highest BCUT2D eigenvalue weighted by Crippen LogP contribution is 2.47. The molecule has 0 bridgehead atoms. The third kappa shape index (κ3) is 4.71. The van der Waals surface area contributed by atoms with E-state index in [1.807, 2.05) is 46.9 Å². The van der Waals surface area contributed by atoms with E-state index in [9.17, 15) is 10.2 Å². The second-order valence-electron chi connectivity index (χ2n) is 15.5. The fourth-order valence-corrected chi connectivity index (χ4v) is 12.2. The zero-order valence-corrected chi connectivity index (χ0v) is 33.6. The summed E-state index contributed by atoms with van der Waals surface area (Å²) in [4.78, 5) is 0. The molecule has 0 saturated heterocycles. The maximum absolute atomic E-state index is 11.0. The number of benzene rings is 9. The Morgan fingerprint density at radius 2 is 0.700 bits per heavy atom. The number of aromatic nitrogens is 2. The monoisotopic (exact) mass is 804 g/mol. The first-order chi connectivity index (χ1) is 29.6. The summed E-state index contributed by atoms with van der Waals surface area (Å²) in [7, 11) is 0. The van der Waals surface area contributed by atoms with Gasteiger partial charge in [-0.15, -0.1) is 22.7 Å². The lowest BCUT2D eigenvalue weighted by molar-refractivity contribution is 0.475. The molecule has 0 aliphatic rings. The van der Waals surface area contributed by atoms with Gasteiger partial charge in [0.05, 0.1) is 22.1 Å². The van der Waals surface area contributed by atoms with Crippen LogP contribution in [0, 0.1) is 0 Å². The predicted octanol–water partition coefficient (Wildman–Crippen LogP) is 15.4. The number of phenols is 2.